The summed E-state index contributed by atoms with van der Waals surface area (Å²) in [6.45, 7) is 8.39. The van der Waals surface area contributed by atoms with E-state index in [-0.39, 0.29) is 0 Å². The van der Waals surface area contributed by atoms with Crippen LogP contribution >= 0.6 is 11.8 Å². The number of nitrogens with one attached hydrogen (secondary N) is 1. The average molecular weight is 289 g/mol. The second kappa shape index (κ2) is 7.55. The van der Waals surface area contributed by atoms with Gasteiger partial charge < -0.3 is 9.73 Å². The fourth-order valence-corrected chi connectivity index (χ4v) is 3.14. The molecular weight excluding hydrogens is 266 g/mol. The summed E-state index contributed by atoms with van der Waals surface area (Å²) >= 11 is 1.99. The minimum absolute atomic E-state index is 0.589. The fourth-order valence-electron chi connectivity index (χ4n) is 2.26. The van der Waals surface area contributed by atoms with E-state index < -0.39 is 0 Å². The Morgan fingerprint density at radius 1 is 1.20 bits per heavy atom. The SMILES string of the molecule is Cc1cc(C)cc(CSC(C)CNCc2ccco2)c1. The number of hydrogen-bond acceptors (Lipinski definition) is 3. The molecule has 0 saturated carbocycles. The van der Waals surface area contributed by atoms with E-state index in [1.54, 1.807) is 6.26 Å². The molecule has 0 fully saturated rings. The molecule has 1 aromatic carbocycles. The summed E-state index contributed by atoms with van der Waals surface area (Å²) in [5, 5.41) is 4.02. The molecule has 0 spiro atoms. The van der Waals surface area contributed by atoms with Gasteiger partial charge in [0.25, 0.3) is 0 Å². The summed E-state index contributed by atoms with van der Waals surface area (Å²) in [5.41, 5.74) is 4.12. The van der Waals surface area contributed by atoms with E-state index >= 15 is 0 Å². The number of furan rings is 1. The summed E-state index contributed by atoms with van der Waals surface area (Å²) in [6, 6.07) is 10.7. The molecule has 2 nitrogen and oxygen atoms in total. The Kier molecular flexibility index (Phi) is 5.74. The topological polar surface area (TPSA) is 25.2 Å². The summed E-state index contributed by atoms with van der Waals surface area (Å²) in [7, 11) is 0. The van der Waals surface area contributed by atoms with Crippen LogP contribution in [0.4, 0.5) is 0 Å². The van der Waals surface area contributed by atoms with E-state index in [1.165, 1.54) is 16.7 Å². The lowest BCUT2D eigenvalue weighted by molar-refractivity contribution is 0.484. The van der Waals surface area contributed by atoms with Crippen LogP contribution in [0, 0.1) is 13.8 Å². The third-order valence-corrected chi connectivity index (χ3v) is 4.36. The van der Waals surface area contributed by atoms with E-state index in [0.717, 1.165) is 24.6 Å². The van der Waals surface area contributed by atoms with Crippen LogP contribution in [0.25, 0.3) is 0 Å². The molecule has 1 aromatic heterocycles. The highest BCUT2D eigenvalue weighted by atomic mass is 32.2. The second-order valence-electron chi connectivity index (χ2n) is 5.33. The second-order valence-corrected chi connectivity index (χ2v) is 6.75. The molecule has 0 bridgehead atoms. The van der Waals surface area contributed by atoms with Crippen LogP contribution in [0.3, 0.4) is 0 Å². The van der Waals surface area contributed by atoms with Crippen molar-refractivity contribution in [3.8, 4) is 0 Å². The molecule has 1 atom stereocenters. The van der Waals surface area contributed by atoms with Crippen molar-refractivity contribution < 1.29 is 4.42 Å². The highest BCUT2D eigenvalue weighted by molar-refractivity contribution is 7.99. The largest absolute Gasteiger partial charge is 0.468 e. The van der Waals surface area contributed by atoms with Gasteiger partial charge in [-0.1, -0.05) is 36.2 Å². The van der Waals surface area contributed by atoms with Crippen LogP contribution in [0.2, 0.25) is 0 Å². The molecule has 0 aliphatic carbocycles. The van der Waals surface area contributed by atoms with Gasteiger partial charge in [0.15, 0.2) is 0 Å². The zero-order valence-electron chi connectivity index (χ0n) is 12.5. The fraction of sp³-hybridized carbons (Fsp3) is 0.412. The third kappa shape index (κ3) is 5.06. The minimum atomic E-state index is 0.589. The number of aryl methyl sites for hydroxylation is 2. The van der Waals surface area contributed by atoms with Crippen LogP contribution in [0.15, 0.2) is 41.0 Å². The predicted octanol–water partition coefficient (Wildman–Crippen LogP) is 4.31. The Balaban J connectivity index is 1.70. The van der Waals surface area contributed by atoms with Crippen molar-refractivity contribution in [2.75, 3.05) is 6.54 Å². The zero-order chi connectivity index (χ0) is 14.4. The Bertz CT molecular complexity index is 502. The van der Waals surface area contributed by atoms with Gasteiger partial charge in [-0.3, -0.25) is 0 Å². The maximum Gasteiger partial charge on any atom is 0.117 e. The minimum Gasteiger partial charge on any atom is -0.468 e. The molecule has 3 heteroatoms. The van der Waals surface area contributed by atoms with Crippen molar-refractivity contribution in [2.45, 2.75) is 38.3 Å². The molecule has 108 valence electrons. The van der Waals surface area contributed by atoms with Gasteiger partial charge in [0, 0.05) is 17.5 Å². The standard InChI is InChI=1S/C17H23NOS/c1-13-7-14(2)9-16(8-13)12-20-15(3)10-18-11-17-5-4-6-19-17/h4-9,15,18H,10-12H2,1-3H3. The van der Waals surface area contributed by atoms with E-state index in [1.807, 2.05) is 23.9 Å². The highest BCUT2D eigenvalue weighted by Gasteiger charge is 2.04. The maximum atomic E-state index is 5.30. The summed E-state index contributed by atoms with van der Waals surface area (Å²) in [4.78, 5) is 0. The van der Waals surface area contributed by atoms with Gasteiger partial charge in [0.1, 0.15) is 5.76 Å². The van der Waals surface area contributed by atoms with Gasteiger partial charge in [-0.2, -0.15) is 11.8 Å². The lowest BCUT2D eigenvalue weighted by atomic mass is 10.1. The lowest BCUT2D eigenvalue weighted by Crippen LogP contribution is -2.22. The van der Waals surface area contributed by atoms with Crippen LogP contribution < -0.4 is 5.32 Å². The van der Waals surface area contributed by atoms with Gasteiger partial charge >= 0.3 is 0 Å². The van der Waals surface area contributed by atoms with E-state index in [0.29, 0.717) is 5.25 Å². The molecule has 1 N–H and O–H groups in total. The van der Waals surface area contributed by atoms with Crippen molar-refractivity contribution in [2.24, 2.45) is 0 Å². The Labute approximate surface area is 126 Å². The summed E-state index contributed by atoms with van der Waals surface area (Å²) in [6.07, 6.45) is 1.72. The monoisotopic (exact) mass is 289 g/mol. The quantitative estimate of drug-likeness (QED) is 0.822. The molecule has 20 heavy (non-hydrogen) atoms. The number of rotatable bonds is 7. The smallest absolute Gasteiger partial charge is 0.117 e. The van der Waals surface area contributed by atoms with Crippen molar-refractivity contribution in [3.63, 3.8) is 0 Å². The van der Waals surface area contributed by atoms with Crippen molar-refractivity contribution in [3.05, 3.63) is 59.0 Å². The zero-order valence-corrected chi connectivity index (χ0v) is 13.3. The first-order chi connectivity index (χ1) is 9.63. The number of hydrogen-bond donors (Lipinski definition) is 1. The van der Waals surface area contributed by atoms with Gasteiger partial charge in [-0.15, -0.1) is 0 Å². The first-order valence-corrected chi connectivity index (χ1v) is 8.10. The van der Waals surface area contributed by atoms with Crippen molar-refractivity contribution in [1.82, 2.24) is 5.32 Å². The molecule has 1 heterocycles. The molecule has 0 radical (unpaired) electrons. The molecule has 2 rings (SSSR count). The lowest BCUT2D eigenvalue weighted by Gasteiger charge is -2.12. The normalized spacial score (nSPS) is 12.6. The van der Waals surface area contributed by atoms with E-state index in [2.05, 4.69) is 44.3 Å². The van der Waals surface area contributed by atoms with Crippen molar-refractivity contribution in [1.29, 1.82) is 0 Å². The Morgan fingerprint density at radius 3 is 2.60 bits per heavy atom. The maximum absolute atomic E-state index is 5.30. The average Bonchev–Trinajstić information content (AvgIpc) is 2.88. The van der Waals surface area contributed by atoms with Crippen molar-refractivity contribution >= 4 is 11.8 Å². The third-order valence-electron chi connectivity index (χ3n) is 3.13. The van der Waals surface area contributed by atoms with Crippen LogP contribution in [-0.4, -0.2) is 11.8 Å². The first-order valence-electron chi connectivity index (χ1n) is 7.05. The highest BCUT2D eigenvalue weighted by Crippen LogP contribution is 2.19. The first kappa shape index (κ1) is 15.2. The number of benzene rings is 1. The molecule has 0 aliphatic heterocycles. The van der Waals surface area contributed by atoms with Gasteiger partial charge in [0.2, 0.25) is 0 Å². The van der Waals surface area contributed by atoms with E-state index in [9.17, 15) is 0 Å². The summed E-state index contributed by atoms with van der Waals surface area (Å²) < 4.78 is 5.30. The molecular formula is C17H23NOS. The molecule has 1 unspecified atom stereocenters. The number of thioether (sulfide) groups is 1. The van der Waals surface area contributed by atoms with Crippen LogP contribution in [-0.2, 0) is 12.3 Å². The molecule has 0 saturated heterocycles. The Morgan fingerprint density at radius 2 is 1.95 bits per heavy atom. The van der Waals surface area contributed by atoms with Crippen LogP contribution in [0.1, 0.15) is 29.4 Å². The van der Waals surface area contributed by atoms with Gasteiger partial charge in [-0.05, 0) is 31.5 Å². The van der Waals surface area contributed by atoms with E-state index in [4.69, 9.17) is 4.42 Å². The van der Waals surface area contributed by atoms with Gasteiger partial charge in [-0.25, -0.2) is 0 Å². The Hall–Kier alpha value is -1.19. The molecule has 0 aliphatic rings. The molecule has 0 amide bonds. The summed E-state index contributed by atoms with van der Waals surface area (Å²) in [5.74, 6) is 2.07. The molecule has 2 aromatic rings. The van der Waals surface area contributed by atoms with Gasteiger partial charge in [0.05, 0.1) is 12.8 Å². The predicted molar refractivity (Wildman–Crippen MR) is 87.1 cm³/mol. The van der Waals surface area contributed by atoms with Crippen LogP contribution in [0.5, 0.6) is 0 Å².